The molecule has 2 aliphatic rings. The van der Waals surface area contributed by atoms with Crippen LogP contribution in [-0.2, 0) is 16.2 Å². The van der Waals surface area contributed by atoms with Gasteiger partial charge in [-0.15, -0.1) is 34.0 Å². The number of anilines is 6. The fourth-order valence-corrected chi connectivity index (χ4v) is 14.2. The molecule has 68 heavy (non-hydrogen) atoms. The lowest BCUT2D eigenvalue weighted by Crippen LogP contribution is -2.60. The summed E-state index contributed by atoms with van der Waals surface area (Å²) in [7, 11) is 0. The molecule has 2 aliphatic heterocycles. The Morgan fingerprint density at radius 2 is 1.00 bits per heavy atom. The van der Waals surface area contributed by atoms with Crippen molar-refractivity contribution in [1.29, 1.82) is 0 Å². The lowest BCUT2D eigenvalue weighted by Gasteiger charge is -2.45. The standard InChI is InChI=1S/C62H57BN2S3/c1-36-27-43(61(6,7)8)28-37(2)57(36)65-50-35-44(62(9,10)11)34-49-56(50)63(59-58(65)46-33-42(60(3,4)5)24-26-53(46)68-59)47-25-23-41(55-32-40-18-13-15-22-52(40)67-55)30-48(47)64(49)45-20-16-19-38(29-45)54-31-39-17-12-14-21-51(39)66-54/h12-35H,1-11H3. The topological polar surface area (TPSA) is 6.48 Å². The van der Waals surface area contributed by atoms with Crippen LogP contribution in [0, 0.1) is 13.8 Å². The molecule has 336 valence electrons. The van der Waals surface area contributed by atoms with Gasteiger partial charge >= 0.3 is 0 Å². The van der Waals surface area contributed by atoms with Crippen LogP contribution in [0.25, 0.3) is 51.1 Å². The number of thiophene rings is 3. The zero-order chi connectivity index (χ0) is 47.2. The molecule has 0 saturated carbocycles. The minimum atomic E-state index is -0.132. The number of hydrogen-bond acceptors (Lipinski definition) is 5. The summed E-state index contributed by atoms with van der Waals surface area (Å²) < 4.78 is 5.38. The number of rotatable bonds is 4. The SMILES string of the molecule is Cc1cc(C(C)(C)C)cc(C)c1N1c2cc(C(C)(C)C)cc3c2B(c2ccc(-c4cc5ccccc5s4)cc2N3c2cccc(-c3cc4ccccc4s3)c2)c2sc3ccc(C(C)(C)C)cc3c21. The second kappa shape index (κ2) is 15.3. The minimum Gasteiger partial charge on any atom is -0.311 e. The van der Waals surface area contributed by atoms with E-state index in [2.05, 4.69) is 232 Å². The van der Waals surface area contributed by atoms with Crippen molar-refractivity contribution in [1.82, 2.24) is 0 Å². The molecule has 2 nitrogen and oxygen atoms in total. The molecule has 0 atom stereocenters. The first-order valence-corrected chi connectivity index (χ1v) is 26.5. The van der Waals surface area contributed by atoms with Crippen molar-refractivity contribution in [3.8, 4) is 20.9 Å². The van der Waals surface area contributed by atoms with E-state index < -0.39 is 0 Å². The molecule has 6 heteroatoms. The van der Waals surface area contributed by atoms with Crippen molar-refractivity contribution in [3.05, 3.63) is 173 Å². The smallest absolute Gasteiger partial charge is 0.264 e. The Balaban J connectivity index is 1.19. The van der Waals surface area contributed by atoms with E-state index in [-0.39, 0.29) is 23.0 Å². The van der Waals surface area contributed by atoms with E-state index in [0.717, 1.165) is 0 Å². The second-order valence-corrected chi connectivity index (χ2v) is 25.6. The van der Waals surface area contributed by atoms with Crippen molar-refractivity contribution in [3.63, 3.8) is 0 Å². The van der Waals surface area contributed by atoms with Crippen LogP contribution in [0.3, 0.4) is 0 Å². The van der Waals surface area contributed by atoms with Crippen LogP contribution >= 0.6 is 34.0 Å². The third-order valence-corrected chi connectivity index (χ3v) is 18.1. The first-order valence-electron chi connectivity index (χ1n) is 24.1. The van der Waals surface area contributed by atoms with E-state index in [1.54, 1.807) is 0 Å². The summed E-state index contributed by atoms with van der Waals surface area (Å²) in [5.41, 5.74) is 19.3. The first-order chi connectivity index (χ1) is 32.4. The van der Waals surface area contributed by atoms with Gasteiger partial charge in [-0.05, 0) is 157 Å². The molecule has 0 amide bonds. The molecule has 0 N–H and O–H groups in total. The minimum absolute atomic E-state index is 0.00150. The summed E-state index contributed by atoms with van der Waals surface area (Å²) >= 11 is 5.76. The van der Waals surface area contributed by atoms with Gasteiger partial charge in [0.1, 0.15) is 0 Å². The van der Waals surface area contributed by atoms with E-state index in [1.165, 1.54) is 129 Å². The number of fused-ring (bicyclic) bond motifs is 8. The fourth-order valence-electron chi connectivity index (χ4n) is 10.8. The van der Waals surface area contributed by atoms with E-state index in [9.17, 15) is 0 Å². The normalized spacial score (nSPS) is 13.7. The molecule has 0 fully saturated rings. The molecule has 0 spiro atoms. The van der Waals surface area contributed by atoms with Crippen LogP contribution in [0.15, 0.2) is 146 Å². The Morgan fingerprint density at radius 3 is 1.60 bits per heavy atom. The molecule has 12 rings (SSSR count). The van der Waals surface area contributed by atoms with Gasteiger partial charge in [0.25, 0.3) is 6.71 Å². The molecule has 3 aromatic heterocycles. The van der Waals surface area contributed by atoms with E-state index in [1.807, 2.05) is 34.0 Å². The maximum Gasteiger partial charge on any atom is 0.264 e. The van der Waals surface area contributed by atoms with Crippen LogP contribution in [0.4, 0.5) is 34.1 Å². The lowest BCUT2D eigenvalue weighted by molar-refractivity contribution is 0.589. The Kier molecular flexibility index (Phi) is 9.75. The van der Waals surface area contributed by atoms with Gasteiger partial charge in [-0.3, -0.25) is 0 Å². The number of aryl methyl sites for hydroxylation is 2. The summed E-state index contributed by atoms with van der Waals surface area (Å²) in [6, 6.07) is 56.4. The van der Waals surface area contributed by atoms with Crippen LogP contribution in [0.2, 0.25) is 0 Å². The van der Waals surface area contributed by atoms with E-state index >= 15 is 0 Å². The average Bonchev–Trinajstić information content (AvgIpc) is 4.04. The summed E-state index contributed by atoms with van der Waals surface area (Å²) in [5, 5.41) is 3.92. The molecular formula is C62H57BN2S3. The Hall–Kier alpha value is -5.92. The molecular weight excluding hydrogens is 880 g/mol. The highest BCUT2D eigenvalue weighted by Crippen LogP contribution is 2.52. The van der Waals surface area contributed by atoms with Crippen molar-refractivity contribution in [2.75, 3.05) is 9.80 Å². The highest BCUT2D eigenvalue weighted by molar-refractivity contribution is 7.33. The largest absolute Gasteiger partial charge is 0.311 e. The van der Waals surface area contributed by atoms with Crippen LogP contribution < -0.4 is 25.5 Å². The predicted molar refractivity (Wildman–Crippen MR) is 303 cm³/mol. The van der Waals surface area contributed by atoms with Gasteiger partial charge in [-0.1, -0.05) is 141 Å². The van der Waals surface area contributed by atoms with Crippen LogP contribution in [-0.4, -0.2) is 6.71 Å². The maximum atomic E-state index is 2.71. The summed E-state index contributed by atoms with van der Waals surface area (Å²) in [5.74, 6) is 0. The number of hydrogen-bond donors (Lipinski definition) is 0. The van der Waals surface area contributed by atoms with Crippen molar-refractivity contribution in [2.24, 2.45) is 0 Å². The van der Waals surface area contributed by atoms with Gasteiger partial charge in [-0.2, -0.15) is 0 Å². The second-order valence-electron chi connectivity index (χ2n) is 22.4. The van der Waals surface area contributed by atoms with Gasteiger partial charge in [0.15, 0.2) is 0 Å². The summed E-state index contributed by atoms with van der Waals surface area (Å²) in [6.45, 7) is 25.9. The molecule has 0 radical (unpaired) electrons. The monoisotopic (exact) mass is 936 g/mol. The molecule has 0 bridgehead atoms. The fraction of sp³-hybridized carbons (Fsp3) is 0.226. The van der Waals surface area contributed by atoms with Gasteiger partial charge in [-0.25, -0.2) is 0 Å². The van der Waals surface area contributed by atoms with Gasteiger partial charge < -0.3 is 9.80 Å². The molecule has 5 heterocycles. The lowest BCUT2D eigenvalue weighted by atomic mass is 9.36. The highest BCUT2D eigenvalue weighted by atomic mass is 32.1. The average molecular weight is 937 g/mol. The van der Waals surface area contributed by atoms with Gasteiger partial charge in [0.2, 0.25) is 0 Å². The highest BCUT2D eigenvalue weighted by Gasteiger charge is 2.46. The zero-order valence-electron chi connectivity index (χ0n) is 41.1. The molecule has 0 aliphatic carbocycles. The van der Waals surface area contributed by atoms with Gasteiger partial charge in [0, 0.05) is 56.8 Å². The quantitative estimate of drug-likeness (QED) is 0.162. The summed E-state index contributed by atoms with van der Waals surface area (Å²) in [6.07, 6.45) is 0. The zero-order valence-corrected chi connectivity index (χ0v) is 43.5. The Bertz CT molecular complexity index is 3600. The molecule has 10 aromatic rings. The van der Waals surface area contributed by atoms with Crippen LogP contribution in [0.5, 0.6) is 0 Å². The van der Waals surface area contributed by atoms with Crippen LogP contribution in [0.1, 0.15) is 90.1 Å². The van der Waals surface area contributed by atoms with Crippen molar-refractivity contribution >= 4 is 121 Å². The molecule has 0 unspecified atom stereocenters. The Morgan fingerprint density at radius 1 is 0.426 bits per heavy atom. The van der Waals surface area contributed by atoms with Gasteiger partial charge in [0.05, 0.1) is 11.4 Å². The molecule has 0 saturated heterocycles. The van der Waals surface area contributed by atoms with Crippen molar-refractivity contribution < 1.29 is 0 Å². The number of nitrogens with zero attached hydrogens (tertiary/aromatic N) is 2. The number of benzene rings is 7. The van der Waals surface area contributed by atoms with Crippen molar-refractivity contribution in [2.45, 2.75) is 92.4 Å². The predicted octanol–water partition coefficient (Wildman–Crippen LogP) is 17.3. The first kappa shape index (κ1) is 43.4. The third-order valence-electron chi connectivity index (χ3n) is 14.5. The van der Waals surface area contributed by atoms with E-state index in [4.69, 9.17) is 0 Å². The van der Waals surface area contributed by atoms with E-state index in [0.29, 0.717) is 0 Å². The third kappa shape index (κ3) is 6.92. The Labute approximate surface area is 414 Å². The maximum absolute atomic E-state index is 2.71. The summed E-state index contributed by atoms with van der Waals surface area (Å²) in [4.78, 5) is 7.92. The molecule has 7 aromatic carbocycles.